The van der Waals surface area contributed by atoms with Gasteiger partial charge in [-0.3, -0.25) is 0 Å². The third-order valence-electron chi connectivity index (χ3n) is 1.88. The summed E-state index contributed by atoms with van der Waals surface area (Å²) >= 11 is 1.22. The van der Waals surface area contributed by atoms with E-state index in [1.807, 2.05) is 0 Å². The van der Waals surface area contributed by atoms with Crippen molar-refractivity contribution in [3.63, 3.8) is 0 Å². The third-order valence-corrected chi connectivity index (χ3v) is 2.73. The summed E-state index contributed by atoms with van der Waals surface area (Å²) in [7, 11) is 0.969. The highest BCUT2D eigenvalue weighted by Crippen LogP contribution is 2.38. The van der Waals surface area contributed by atoms with E-state index in [0.717, 1.165) is 13.2 Å². The molecule has 0 radical (unpaired) electrons. The minimum absolute atomic E-state index is 0.536. The molecule has 0 bridgehead atoms. The SMILES string of the molecule is COC(=O)c1cc(I)c(C(F)(F)F)c(C(F)F)n1. The van der Waals surface area contributed by atoms with Crippen LogP contribution in [0.2, 0.25) is 0 Å². The van der Waals surface area contributed by atoms with Crippen molar-refractivity contribution in [1.29, 1.82) is 0 Å². The summed E-state index contributed by atoms with van der Waals surface area (Å²) in [5.41, 5.74) is -3.61. The van der Waals surface area contributed by atoms with Crippen LogP contribution in [0.15, 0.2) is 6.07 Å². The lowest BCUT2D eigenvalue weighted by Crippen LogP contribution is -2.17. The van der Waals surface area contributed by atoms with Gasteiger partial charge in [0, 0.05) is 3.57 Å². The molecule has 3 nitrogen and oxygen atoms in total. The van der Waals surface area contributed by atoms with Crippen molar-refractivity contribution in [2.75, 3.05) is 7.11 Å². The van der Waals surface area contributed by atoms with E-state index in [-0.39, 0.29) is 0 Å². The van der Waals surface area contributed by atoms with E-state index in [1.165, 1.54) is 22.6 Å². The van der Waals surface area contributed by atoms with Crippen molar-refractivity contribution in [3.05, 3.63) is 26.6 Å². The molecular weight excluding hydrogens is 376 g/mol. The Morgan fingerprint density at radius 3 is 2.39 bits per heavy atom. The van der Waals surface area contributed by atoms with Crippen LogP contribution in [-0.2, 0) is 10.9 Å². The van der Waals surface area contributed by atoms with Gasteiger partial charge in [0.25, 0.3) is 6.43 Å². The molecule has 9 heteroatoms. The topological polar surface area (TPSA) is 39.2 Å². The Morgan fingerprint density at radius 2 is 2.00 bits per heavy atom. The molecule has 1 rings (SSSR count). The Kier molecular flexibility index (Phi) is 4.46. The molecule has 0 N–H and O–H groups in total. The quantitative estimate of drug-likeness (QED) is 0.448. The van der Waals surface area contributed by atoms with Gasteiger partial charge in [0.05, 0.1) is 12.7 Å². The zero-order chi connectivity index (χ0) is 14.1. The van der Waals surface area contributed by atoms with Gasteiger partial charge in [-0.2, -0.15) is 13.2 Å². The number of esters is 1. The fourth-order valence-corrected chi connectivity index (χ4v) is 2.06. The number of nitrogens with zero attached hydrogens (tertiary/aromatic N) is 1. The molecular formula is C9H5F5INO2. The number of aromatic nitrogens is 1. The van der Waals surface area contributed by atoms with E-state index in [1.54, 1.807) is 0 Å². The van der Waals surface area contributed by atoms with E-state index in [4.69, 9.17) is 0 Å². The predicted molar refractivity (Wildman–Crippen MR) is 58.3 cm³/mol. The van der Waals surface area contributed by atoms with Gasteiger partial charge < -0.3 is 4.74 Å². The van der Waals surface area contributed by atoms with Crippen LogP contribution < -0.4 is 0 Å². The van der Waals surface area contributed by atoms with E-state index in [2.05, 4.69) is 9.72 Å². The molecule has 0 aromatic carbocycles. The highest BCUT2D eigenvalue weighted by atomic mass is 127. The fourth-order valence-electron chi connectivity index (χ4n) is 1.18. The molecule has 100 valence electrons. The Bertz CT molecular complexity index is 475. The fraction of sp³-hybridized carbons (Fsp3) is 0.333. The Morgan fingerprint density at radius 1 is 1.44 bits per heavy atom. The monoisotopic (exact) mass is 381 g/mol. The van der Waals surface area contributed by atoms with Crippen LogP contribution in [0.1, 0.15) is 28.2 Å². The van der Waals surface area contributed by atoms with Crippen molar-refractivity contribution < 1.29 is 31.5 Å². The average molecular weight is 381 g/mol. The van der Waals surface area contributed by atoms with E-state index < -0.39 is 39.1 Å². The highest BCUT2D eigenvalue weighted by molar-refractivity contribution is 14.1. The molecule has 0 saturated carbocycles. The predicted octanol–water partition coefficient (Wildman–Crippen LogP) is 3.43. The van der Waals surface area contributed by atoms with Gasteiger partial charge in [-0.15, -0.1) is 0 Å². The summed E-state index contributed by atoms with van der Waals surface area (Å²) in [5.74, 6) is -1.08. The number of carbonyl (C=O) groups excluding carboxylic acids is 1. The number of methoxy groups -OCH3 is 1. The maximum absolute atomic E-state index is 12.6. The van der Waals surface area contributed by atoms with Gasteiger partial charge >= 0.3 is 12.1 Å². The van der Waals surface area contributed by atoms with Crippen LogP contribution >= 0.6 is 22.6 Å². The van der Waals surface area contributed by atoms with E-state index in [0.29, 0.717) is 0 Å². The largest absolute Gasteiger partial charge is 0.464 e. The number of rotatable bonds is 2. The normalized spacial score (nSPS) is 11.8. The molecule has 0 aliphatic rings. The number of alkyl halides is 5. The molecule has 0 unspecified atom stereocenters. The lowest BCUT2D eigenvalue weighted by molar-refractivity contribution is -0.140. The number of ether oxygens (including phenoxy) is 1. The van der Waals surface area contributed by atoms with Crippen LogP contribution in [0, 0.1) is 3.57 Å². The first-order valence-electron chi connectivity index (χ1n) is 4.32. The number of pyridine rings is 1. The van der Waals surface area contributed by atoms with Crippen LogP contribution in [0.5, 0.6) is 0 Å². The van der Waals surface area contributed by atoms with Gasteiger partial charge in [0.15, 0.2) is 0 Å². The molecule has 0 saturated heterocycles. The van der Waals surface area contributed by atoms with Crippen LogP contribution in [-0.4, -0.2) is 18.1 Å². The minimum Gasteiger partial charge on any atom is -0.464 e. The number of hydrogen-bond acceptors (Lipinski definition) is 3. The second-order valence-electron chi connectivity index (χ2n) is 3.04. The van der Waals surface area contributed by atoms with Gasteiger partial charge in [0.2, 0.25) is 0 Å². The molecule has 0 spiro atoms. The number of halogens is 6. The first-order valence-corrected chi connectivity index (χ1v) is 5.40. The molecule has 0 atom stereocenters. The van der Waals surface area contributed by atoms with Crippen molar-refractivity contribution >= 4 is 28.6 Å². The van der Waals surface area contributed by atoms with Crippen LogP contribution in [0.25, 0.3) is 0 Å². The lowest BCUT2D eigenvalue weighted by atomic mass is 10.1. The van der Waals surface area contributed by atoms with Gasteiger partial charge in [0.1, 0.15) is 11.4 Å². The smallest absolute Gasteiger partial charge is 0.419 e. The summed E-state index contributed by atoms with van der Waals surface area (Å²) in [6, 6.07) is 0.751. The summed E-state index contributed by atoms with van der Waals surface area (Å²) in [6.07, 6.45) is -8.41. The van der Waals surface area contributed by atoms with Crippen molar-refractivity contribution in [2.45, 2.75) is 12.6 Å². The molecule has 0 aliphatic heterocycles. The summed E-state index contributed by atoms with van der Waals surface area (Å²) < 4.78 is 66.6. The molecule has 18 heavy (non-hydrogen) atoms. The number of carbonyl (C=O) groups is 1. The van der Waals surface area contributed by atoms with E-state index in [9.17, 15) is 26.7 Å². The standard InChI is InChI=1S/C9H5F5INO2/c1-18-8(17)4-2-3(15)5(9(12,13)14)6(16-4)7(10)11/h2,7H,1H3. The maximum Gasteiger partial charge on any atom is 0.419 e. The molecule has 1 heterocycles. The third kappa shape index (κ3) is 3.06. The highest BCUT2D eigenvalue weighted by Gasteiger charge is 2.39. The van der Waals surface area contributed by atoms with Crippen molar-refractivity contribution in [3.8, 4) is 0 Å². The summed E-state index contributed by atoms with van der Waals surface area (Å²) in [5, 5.41) is 0. The van der Waals surface area contributed by atoms with Crippen LogP contribution in [0.4, 0.5) is 22.0 Å². The average Bonchev–Trinajstić information content (AvgIpc) is 2.24. The zero-order valence-corrected chi connectivity index (χ0v) is 10.8. The maximum atomic E-state index is 12.6. The van der Waals surface area contributed by atoms with Gasteiger partial charge in [-0.05, 0) is 28.7 Å². The van der Waals surface area contributed by atoms with Gasteiger partial charge in [-0.1, -0.05) is 0 Å². The van der Waals surface area contributed by atoms with Gasteiger partial charge in [-0.25, -0.2) is 18.6 Å². The Hall–Kier alpha value is -1.00. The molecule has 1 aromatic heterocycles. The molecule has 0 aliphatic carbocycles. The Balaban J connectivity index is 3.51. The molecule has 0 fully saturated rings. The first-order chi connectivity index (χ1) is 8.18. The Labute approximate surface area is 111 Å². The van der Waals surface area contributed by atoms with Crippen molar-refractivity contribution in [1.82, 2.24) is 4.98 Å². The first kappa shape index (κ1) is 15.1. The molecule has 0 amide bonds. The summed E-state index contributed by atoms with van der Waals surface area (Å²) in [6.45, 7) is 0. The van der Waals surface area contributed by atoms with E-state index >= 15 is 0 Å². The number of hydrogen-bond donors (Lipinski definition) is 0. The minimum atomic E-state index is -4.97. The van der Waals surface area contributed by atoms with Crippen molar-refractivity contribution in [2.24, 2.45) is 0 Å². The second kappa shape index (κ2) is 5.33. The summed E-state index contributed by atoms with van der Waals surface area (Å²) in [4.78, 5) is 14.1. The lowest BCUT2D eigenvalue weighted by Gasteiger charge is -2.14. The molecule has 1 aromatic rings. The second-order valence-corrected chi connectivity index (χ2v) is 4.20. The van der Waals surface area contributed by atoms with Crippen LogP contribution in [0.3, 0.4) is 0 Å². The zero-order valence-electron chi connectivity index (χ0n) is 8.69.